The van der Waals surface area contributed by atoms with Crippen LogP contribution in [0.2, 0.25) is 0 Å². The Bertz CT molecular complexity index is 589. The lowest BCUT2D eigenvalue weighted by atomic mass is 10.1. The number of hydrogen-bond donors (Lipinski definition) is 2. The summed E-state index contributed by atoms with van der Waals surface area (Å²) in [4.78, 5) is 4.43. The van der Waals surface area contributed by atoms with Crippen molar-refractivity contribution < 1.29 is 9.63 Å². The van der Waals surface area contributed by atoms with Crippen LogP contribution in [0.15, 0.2) is 22.7 Å². The lowest BCUT2D eigenvalue weighted by molar-refractivity contribution is 0.191. The Labute approximate surface area is 118 Å². The van der Waals surface area contributed by atoms with Gasteiger partial charge in [0.15, 0.2) is 5.82 Å². The molecule has 1 aliphatic rings. The highest BCUT2D eigenvalue weighted by atomic mass is 16.5. The molecule has 1 fully saturated rings. The number of benzene rings is 1. The summed E-state index contributed by atoms with van der Waals surface area (Å²) in [5.41, 5.74) is 3.67. The third kappa shape index (κ3) is 2.89. The maximum Gasteiger partial charge on any atom is 0.243 e. The van der Waals surface area contributed by atoms with E-state index in [1.54, 1.807) is 0 Å². The van der Waals surface area contributed by atoms with Gasteiger partial charge in [0.25, 0.3) is 0 Å². The first-order chi connectivity index (χ1) is 9.60. The van der Waals surface area contributed by atoms with Crippen molar-refractivity contribution in [2.75, 3.05) is 6.54 Å². The maximum atomic E-state index is 9.51. The minimum absolute atomic E-state index is 0.0227. The highest BCUT2D eigenvalue weighted by Gasteiger charge is 2.28. The molecule has 5 heteroatoms. The van der Waals surface area contributed by atoms with Crippen molar-refractivity contribution >= 4 is 0 Å². The number of nitrogens with zero attached hydrogens (tertiary/aromatic N) is 2. The van der Waals surface area contributed by atoms with Crippen LogP contribution >= 0.6 is 0 Å². The van der Waals surface area contributed by atoms with Gasteiger partial charge in [-0.15, -0.1) is 0 Å². The zero-order valence-electron chi connectivity index (χ0n) is 11.8. The summed E-state index contributed by atoms with van der Waals surface area (Å²) < 4.78 is 5.29. The van der Waals surface area contributed by atoms with E-state index in [-0.39, 0.29) is 12.1 Å². The van der Waals surface area contributed by atoms with Crippen molar-refractivity contribution in [3.05, 3.63) is 46.6 Å². The van der Waals surface area contributed by atoms with E-state index in [1.807, 2.05) is 0 Å². The van der Waals surface area contributed by atoms with Crippen LogP contribution in [-0.2, 0) is 6.42 Å². The average Bonchev–Trinajstić information content (AvgIpc) is 2.96. The first kappa shape index (κ1) is 13.3. The predicted octanol–water partition coefficient (Wildman–Crippen LogP) is 1.67. The lowest BCUT2D eigenvalue weighted by Gasteiger charge is -2.02. The van der Waals surface area contributed by atoms with Crippen LogP contribution in [0.1, 0.15) is 40.9 Å². The molecule has 0 spiro atoms. The van der Waals surface area contributed by atoms with E-state index in [0.29, 0.717) is 31.1 Å². The smallest absolute Gasteiger partial charge is 0.243 e. The van der Waals surface area contributed by atoms with Crippen LogP contribution in [0.3, 0.4) is 0 Å². The van der Waals surface area contributed by atoms with E-state index >= 15 is 0 Å². The second-order valence-corrected chi connectivity index (χ2v) is 5.57. The van der Waals surface area contributed by atoms with Gasteiger partial charge >= 0.3 is 0 Å². The fourth-order valence-electron chi connectivity index (χ4n) is 2.74. The molecule has 2 heterocycles. The van der Waals surface area contributed by atoms with E-state index in [9.17, 15) is 5.11 Å². The Balaban J connectivity index is 1.73. The molecule has 0 bridgehead atoms. The molecule has 2 unspecified atom stereocenters. The largest absolute Gasteiger partial charge is 0.392 e. The van der Waals surface area contributed by atoms with Gasteiger partial charge in [-0.1, -0.05) is 34.5 Å². The van der Waals surface area contributed by atoms with Crippen LogP contribution in [-0.4, -0.2) is 27.9 Å². The van der Waals surface area contributed by atoms with Gasteiger partial charge in [-0.05, 0) is 25.8 Å². The minimum Gasteiger partial charge on any atom is -0.392 e. The number of nitrogens with one attached hydrogen (secondary N) is 1. The van der Waals surface area contributed by atoms with Gasteiger partial charge in [0.05, 0.1) is 12.1 Å². The Morgan fingerprint density at radius 2 is 2.05 bits per heavy atom. The van der Waals surface area contributed by atoms with Gasteiger partial charge in [0.1, 0.15) is 0 Å². The molecule has 2 aromatic rings. The summed E-state index contributed by atoms with van der Waals surface area (Å²) in [6.45, 7) is 4.75. The van der Waals surface area contributed by atoms with Crippen molar-refractivity contribution in [1.29, 1.82) is 0 Å². The van der Waals surface area contributed by atoms with E-state index in [1.165, 1.54) is 16.7 Å². The molecular weight excluding hydrogens is 254 g/mol. The van der Waals surface area contributed by atoms with Gasteiger partial charge in [0, 0.05) is 13.0 Å². The van der Waals surface area contributed by atoms with Crippen LogP contribution in [0, 0.1) is 13.8 Å². The highest BCUT2D eigenvalue weighted by molar-refractivity contribution is 5.30. The molecule has 0 amide bonds. The summed E-state index contributed by atoms with van der Waals surface area (Å²) in [5.74, 6) is 1.26. The molecule has 1 aliphatic heterocycles. The molecule has 1 aromatic heterocycles. The number of aryl methyl sites for hydroxylation is 2. The molecule has 0 aliphatic carbocycles. The normalized spacial score (nSPS) is 22.4. The summed E-state index contributed by atoms with van der Waals surface area (Å²) >= 11 is 0. The molecule has 0 saturated carbocycles. The molecular formula is C15H19N3O2. The quantitative estimate of drug-likeness (QED) is 0.890. The molecule has 1 aromatic carbocycles. The van der Waals surface area contributed by atoms with Crippen LogP contribution in [0.5, 0.6) is 0 Å². The number of hydrogen-bond acceptors (Lipinski definition) is 5. The second kappa shape index (κ2) is 5.34. The molecule has 20 heavy (non-hydrogen) atoms. The van der Waals surface area contributed by atoms with E-state index in [0.717, 1.165) is 0 Å². The van der Waals surface area contributed by atoms with Crippen molar-refractivity contribution in [3.8, 4) is 0 Å². The molecule has 5 nitrogen and oxygen atoms in total. The molecule has 2 atom stereocenters. The second-order valence-electron chi connectivity index (χ2n) is 5.57. The predicted molar refractivity (Wildman–Crippen MR) is 74.4 cm³/mol. The molecule has 0 radical (unpaired) electrons. The molecule has 3 rings (SSSR count). The summed E-state index contributed by atoms with van der Waals surface area (Å²) in [6.07, 6.45) is 0.974. The minimum atomic E-state index is -0.324. The van der Waals surface area contributed by atoms with Gasteiger partial charge in [-0.2, -0.15) is 4.98 Å². The fourth-order valence-corrected chi connectivity index (χ4v) is 2.74. The van der Waals surface area contributed by atoms with Crippen LogP contribution in [0.25, 0.3) is 0 Å². The van der Waals surface area contributed by atoms with Crippen molar-refractivity contribution in [3.63, 3.8) is 0 Å². The molecule has 1 saturated heterocycles. The number of β-amino-alcohol motifs (C(OH)–C–C–N with tert-alkyl or cyclic N) is 1. The van der Waals surface area contributed by atoms with Gasteiger partial charge in [-0.3, -0.25) is 0 Å². The van der Waals surface area contributed by atoms with Crippen LogP contribution < -0.4 is 5.32 Å². The first-order valence-corrected chi connectivity index (χ1v) is 6.91. The molecule has 106 valence electrons. The molecule has 2 N–H and O–H groups in total. The monoisotopic (exact) mass is 273 g/mol. The van der Waals surface area contributed by atoms with Crippen molar-refractivity contribution in [1.82, 2.24) is 15.5 Å². The highest BCUT2D eigenvalue weighted by Crippen LogP contribution is 2.22. The average molecular weight is 273 g/mol. The Kier molecular flexibility index (Phi) is 3.54. The third-order valence-electron chi connectivity index (χ3n) is 3.53. The van der Waals surface area contributed by atoms with E-state index in [4.69, 9.17) is 4.52 Å². The zero-order valence-corrected chi connectivity index (χ0v) is 11.8. The fraction of sp³-hybridized carbons (Fsp3) is 0.467. The SMILES string of the molecule is Cc1cc(C)cc(Cc2noc(C3CC(O)CN3)n2)c1. The summed E-state index contributed by atoms with van der Waals surface area (Å²) in [6, 6.07) is 6.40. The number of rotatable bonds is 3. The summed E-state index contributed by atoms with van der Waals surface area (Å²) in [5, 5.41) is 16.7. The summed E-state index contributed by atoms with van der Waals surface area (Å²) in [7, 11) is 0. The number of aliphatic hydroxyl groups is 1. The van der Waals surface area contributed by atoms with Crippen molar-refractivity contribution in [2.24, 2.45) is 0 Å². The van der Waals surface area contributed by atoms with E-state index in [2.05, 4.69) is 47.5 Å². The van der Waals surface area contributed by atoms with Crippen molar-refractivity contribution in [2.45, 2.75) is 38.8 Å². The third-order valence-corrected chi connectivity index (χ3v) is 3.53. The maximum absolute atomic E-state index is 9.51. The standard InChI is InChI=1S/C15H19N3O2/c1-9-3-10(2)5-11(4-9)6-14-17-15(20-18-14)13-7-12(19)8-16-13/h3-5,12-13,16,19H,6-8H2,1-2H3. The Hall–Kier alpha value is -1.72. The lowest BCUT2D eigenvalue weighted by Crippen LogP contribution is -2.15. The van der Waals surface area contributed by atoms with Gasteiger partial charge < -0.3 is 14.9 Å². The Morgan fingerprint density at radius 1 is 1.30 bits per heavy atom. The van der Waals surface area contributed by atoms with Gasteiger partial charge in [0.2, 0.25) is 5.89 Å². The Morgan fingerprint density at radius 3 is 2.70 bits per heavy atom. The topological polar surface area (TPSA) is 71.2 Å². The van der Waals surface area contributed by atoms with Crippen LogP contribution in [0.4, 0.5) is 0 Å². The number of aromatic nitrogens is 2. The first-order valence-electron chi connectivity index (χ1n) is 6.91. The van der Waals surface area contributed by atoms with Gasteiger partial charge in [-0.25, -0.2) is 0 Å². The van der Waals surface area contributed by atoms with E-state index < -0.39 is 0 Å². The zero-order chi connectivity index (χ0) is 14.1. The number of aliphatic hydroxyl groups excluding tert-OH is 1.